The molecule has 0 saturated carbocycles. The first-order chi connectivity index (χ1) is 33.6. The van der Waals surface area contributed by atoms with Gasteiger partial charge in [-0.15, -0.1) is 0 Å². The number of likely N-dealkylation sites (N-methyl/N-ethyl adjacent to an activating group) is 1. The Hall–Kier alpha value is -2.58. The molecule has 0 spiro atoms. The van der Waals surface area contributed by atoms with Crippen LogP contribution in [0.25, 0.3) is 0 Å². The average Bonchev–Trinajstić information content (AvgIpc) is 3.31. The van der Waals surface area contributed by atoms with Crippen molar-refractivity contribution in [2.45, 2.75) is 225 Å². The molecular weight excluding hydrogens is 878 g/mol. The molecule has 69 heavy (non-hydrogen) atoms. The molecule has 0 aromatic heterocycles. The summed E-state index contributed by atoms with van der Waals surface area (Å²) in [5, 5.41) is 0. The van der Waals surface area contributed by atoms with E-state index in [1.807, 2.05) is 21.1 Å². The minimum Gasteiger partial charge on any atom is -0.457 e. The Morgan fingerprint density at radius 1 is 0.464 bits per heavy atom. The van der Waals surface area contributed by atoms with E-state index in [0.29, 0.717) is 24.1 Å². The third-order valence-electron chi connectivity index (χ3n) is 11.6. The maximum absolute atomic E-state index is 12.8. The van der Waals surface area contributed by atoms with Crippen LogP contribution in [0.5, 0.6) is 0 Å². The fourth-order valence-electron chi connectivity index (χ4n) is 7.35. The lowest BCUT2D eigenvalue weighted by atomic mass is 10.0. The predicted molar refractivity (Wildman–Crippen MR) is 298 cm³/mol. The molecule has 0 aliphatic rings. The van der Waals surface area contributed by atoms with Crippen molar-refractivity contribution in [1.29, 1.82) is 0 Å². The number of hydrogen-bond donors (Lipinski definition) is 1. The van der Waals surface area contributed by atoms with Crippen molar-refractivity contribution in [3.8, 4) is 0 Å². The highest BCUT2D eigenvalue weighted by Crippen LogP contribution is 2.43. The normalized spacial score (nSPS) is 14.2. The predicted octanol–water partition coefficient (Wildman–Crippen LogP) is 17.7. The van der Waals surface area contributed by atoms with E-state index >= 15 is 0 Å². The van der Waals surface area contributed by atoms with Crippen molar-refractivity contribution in [3.63, 3.8) is 0 Å². The quantitative estimate of drug-likeness (QED) is 0.0213. The maximum Gasteiger partial charge on any atom is 0.472 e. The van der Waals surface area contributed by atoms with E-state index in [1.165, 1.54) is 109 Å². The van der Waals surface area contributed by atoms with E-state index in [0.717, 1.165) is 89.9 Å². The maximum atomic E-state index is 12.8. The first-order valence-corrected chi connectivity index (χ1v) is 29.5. The van der Waals surface area contributed by atoms with Crippen LogP contribution in [0.15, 0.2) is 97.2 Å². The Kier molecular flexibility index (Phi) is 49.8. The van der Waals surface area contributed by atoms with Gasteiger partial charge in [0.15, 0.2) is 0 Å². The standard InChI is InChI=1S/C60H106NO7P/c1-6-8-10-12-14-16-18-20-22-24-26-28-30-31-32-33-35-37-39-41-43-45-47-49-51-53-60(62)68-59(58-67-69(63,64)66-56-54-61(3,4)5)57-65-55-52-50-48-46-44-42-40-38-36-34-29-27-25-23-21-19-17-15-13-11-9-7-2/h9,11,15,17-18,20-21,23-24,26-27,29,36,38,42,44,59H,6-8,10,12-14,16,19,22,25,28,30-35,37,39-41,43,45-58H2,1-5H3/p+1/b11-9-,17-15-,20-18-,23-21-,26-24-,29-27-,38-36-,44-42-. The molecule has 0 bridgehead atoms. The Morgan fingerprint density at radius 2 is 0.841 bits per heavy atom. The zero-order valence-electron chi connectivity index (χ0n) is 45.3. The molecule has 1 N–H and O–H groups in total. The van der Waals surface area contributed by atoms with Crippen LogP contribution in [0.3, 0.4) is 0 Å². The van der Waals surface area contributed by atoms with Gasteiger partial charge in [-0.1, -0.05) is 214 Å². The summed E-state index contributed by atoms with van der Waals surface area (Å²) in [6.45, 7) is 5.41. The van der Waals surface area contributed by atoms with Gasteiger partial charge in [0.25, 0.3) is 0 Å². The highest BCUT2D eigenvalue weighted by atomic mass is 31.2. The van der Waals surface area contributed by atoms with Gasteiger partial charge in [-0.3, -0.25) is 13.8 Å². The molecule has 8 nitrogen and oxygen atoms in total. The van der Waals surface area contributed by atoms with Crippen molar-refractivity contribution < 1.29 is 37.3 Å². The molecule has 0 fully saturated rings. The molecular formula is C60H107NO7P+. The number of carbonyl (C=O) groups excluding carboxylic acids is 1. The zero-order chi connectivity index (χ0) is 50.5. The molecule has 9 heteroatoms. The molecule has 0 rings (SSSR count). The second kappa shape index (κ2) is 51.8. The van der Waals surface area contributed by atoms with E-state index in [2.05, 4.69) is 111 Å². The van der Waals surface area contributed by atoms with Crippen LogP contribution in [0.4, 0.5) is 0 Å². The average molecular weight is 985 g/mol. The van der Waals surface area contributed by atoms with Crippen LogP contribution >= 0.6 is 7.82 Å². The van der Waals surface area contributed by atoms with Crippen molar-refractivity contribution >= 4 is 13.8 Å². The number of phosphoric ester groups is 1. The Morgan fingerprint density at radius 3 is 1.26 bits per heavy atom. The molecule has 2 unspecified atom stereocenters. The number of phosphoric acid groups is 1. The number of hydrogen-bond acceptors (Lipinski definition) is 6. The van der Waals surface area contributed by atoms with E-state index < -0.39 is 13.9 Å². The molecule has 0 heterocycles. The highest BCUT2D eigenvalue weighted by molar-refractivity contribution is 7.47. The Bertz CT molecular complexity index is 1420. The molecule has 0 aromatic carbocycles. The summed E-state index contributed by atoms with van der Waals surface area (Å²) in [5.41, 5.74) is 0. The van der Waals surface area contributed by atoms with Crippen molar-refractivity contribution in [3.05, 3.63) is 97.2 Å². The number of nitrogens with zero attached hydrogens (tertiary/aromatic N) is 1. The highest BCUT2D eigenvalue weighted by Gasteiger charge is 2.26. The van der Waals surface area contributed by atoms with Crippen LogP contribution in [-0.2, 0) is 27.9 Å². The first-order valence-electron chi connectivity index (χ1n) is 28.0. The molecule has 0 saturated heterocycles. The summed E-state index contributed by atoms with van der Waals surface area (Å²) in [5.74, 6) is -0.328. The van der Waals surface area contributed by atoms with Crippen LogP contribution in [0, 0.1) is 0 Å². The van der Waals surface area contributed by atoms with Crippen molar-refractivity contribution in [2.75, 3.05) is 54.1 Å². The third kappa shape index (κ3) is 56.2. The Balaban J connectivity index is 4.17. The number of unbranched alkanes of at least 4 members (excludes halogenated alkanes) is 21. The SMILES string of the molecule is CC/C=C\C/C=C\C/C=C\C/C=C\C/C=C\C/C=C\CCCCCOCC(COP(=O)(O)OCC[N+](C)(C)C)OC(=O)CCCCCCCCCCCCCCC/C=C\C/C=C\CCCCCCC. The fraction of sp³-hybridized carbons (Fsp3) is 0.717. The molecule has 0 amide bonds. The van der Waals surface area contributed by atoms with Gasteiger partial charge in [-0.05, 0) is 96.3 Å². The smallest absolute Gasteiger partial charge is 0.457 e. The lowest BCUT2D eigenvalue weighted by Gasteiger charge is -2.24. The molecule has 0 radical (unpaired) electrons. The van der Waals surface area contributed by atoms with E-state index in [1.54, 1.807) is 0 Å². The molecule has 0 aliphatic carbocycles. The van der Waals surface area contributed by atoms with Gasteiger partial charge in [0.1, 0.15) is 19.3 Å². The minimum atomic E-state index is -4.30. The molecule has 0 aliphatic heterocycles. The van der Waals surface area contributed by atoms with E-state index in [-0.39, 0.29) is 25.8 Å². The minimum absolute atomic E-state index is 0.0768. The topological polar surface area (TPSA) is 91.3 Å². The summed E-state index contributed by atoms with van der Waals surface area (Å²) in [6.07, 6.45) is 71.8. The molecule has 0 aromatic rings. The Labute approximate surface area is 426 Å². The van der Waals surface area contributed by atoms with Crippen LogP contribution in [0.2, 0.25) is 0 Å². The number of quaternary nitrogens is 1. The van der Waals surface area contributed by atoms with Crippen LogP contribution < -0.4 is 0 Å². The molecule has 398 valence electrons. The fourth-order valence-corrected chi connectivity index (χ4v) is 8.09. The lowest BCUT2D eigenvalue weighted by Crippen LogP contribution is -2.37. The van der Waals surface area contributed by atoms with Gasteiger partial charge in [0.05, 0.1) is 34.4 Å². The van der Waals surface area contributed by atoms with Gasteiger partial charge >= 0.3 is 13.8 Å². The van der Waals surface area contributed by atoms with Crippen molar-refractivity contribution in [1.82, 2.24) is 0 Å². The number of rotatable bonds is 51. The summed E-state index contributed by atoms with van der Waals surface area (Å²) >= 11 is 0. The van der Waals surface area contributed by atoms with Gasteiger partial charge in [-0.2, -0.15) is 0 Å². The molecule has 2 atom stereocenters. The van der Waals surface area contributed by atoms with Gasteiger partial charge in [0, 0.05) is 13.0 Å². The number of ether oxygens (including phenoxy) is 2. The van der Waals surface area contributed by atoms with Crippen LogP contribution in [0.1, 0.15) is 219 Å². The summed E-state index contributed by atoms with van der Waals surface area (Å²) in [7, 11) is 1.63. The summed E-state index contributed by atoms with van der Waals surface area (Å²) in [4.78, 5) is 23.1. The lowest BCUT2D eigenvalue weighted by molar-refractivity contribution is -0.870. The van der Waals surface area contributed by atoms with E-state index in [4.69, 9.17) is 18.5 Å². The largest absolute Gasteiger partial charge is 0.472 e. The van der Waals surface area contributed by atoms with E-state index in [9.17, 15) is 14.3 Å². The third-order valence-corrected chi connectivity index (χ3v) is 12.6. The second-order valence-corrected chi connectivity index (χ2v) is 21.0. The number of esters is 1. The van der Waals surface area contributed by atoms with Gasteiger partial charge in [-0.25, -0.2) is 4.57 Å². The monoisotopic (exact) mass is 985 g/mol. The first kappa shape index (κ1) is 66.4. The van der Waals surface area contributed by atoms with Crippen LogP contribution in [-0.4, -0.2) is 75.6 Å². The van der Waals surface area contributed by atoms with Gasteiger partial charge < -0.3 is 18.9 Å². The number of carbonyl (C=O) groups is 1. The van der Waals surface area contributed by atoms with Crippen molar-refractivity contribution in [2.24, 2.45) is 0 Å². The summed E-state index contributed by atoms with van der Waals surface area (Å²) in [6, 6.07) is 0. The number of allylic oxidation sites excluding steroid dienone is 16. The summed E-state index contributed by atoms with van der Waals surface area (Å²) < 4.78 is 35.2. The second-order valence-electron chi connectivity index (χ2n) is 19.6. The zero-order valence-corrected chi connectivity index (χ0v) is 46.2. The van der Waals surface area contributed by atoms with Gasteiger partial charge in [0.2, 0.25) is 0 Å².